The minimum Gasteiger partial charge on any atom is -0.502 e. The Kier molecular flexibility index (Phi) is 4.36. The number of carbonyl (C=O) groups is 1. The number of benzene rings is 1. The zero-order valence-corrected chi connectivity index (χ0v) is 9.56. The summed E-state index contributed by atoms with van der Waals surface area (Å²) in [5.41, 5.74) is 2.61. The highest BCUT2D eigenvalue weighted by molar-refractivity contribution is 5.91. The maximum Gasteiger partial charge on any atom is 0.257 e. The second kappa shape index (κ2) is 5.76. The zero-order valence-electron chi connectivity index (χ0n) is 9.56. The third-order valence-corrected chi connectivity index (χ3v) is 2.07. The lowest BCUT2D eigenvalue weighted by Gasteiger charge is -2.09. The molecule has 0 saturated heterocycles. The van der Waals surface area contributed by atoms with Crippen molar-refractivity contribution in [1.82, 2.24) is 5.43 Å². The van der Waals surface area contributed by atoms with Crippen LogP contribution in [0.2, 0.25) is 0 Å². The fourth-order valence-electron chi connectivity index (χ4n) is 1.23. The molecule has 0 fully saturated rings. The normalized spacial score (nSPS) is 10.3. The van der Waals surface area contributed by atoms with Gasteiger partial charge in [-0.3, -0.25) is 10.2 Å². The second-order valence-corrected chi connectivity index (χ2v) is 3.12. The van der Waals surface area contributed by atoms with Crippen LogP contribution in [0.5, 0.6) is 17.2 Å². The first-order chi connectivity index (χ1) is 8.12. The summed E-state index contributed by atoms with van der Waals surface area (Å²) in [6.07, 6.45) is 2.78. The minimum absolute atomic E-state index is 0.0876. The summed E-state index contributed by atoms with van der Waals surface area (Å²) in [5.74, 6) is 4.93. The molecule has 0 unspecified atom stereocenters. The summed E-state index contributed by atoms with van der Waals surface area (Å²) in [5, 5.41) is 9.66. The smallest absolute Gasteiger partial charge is 0.257 e. The van der Waals surface area contributed by atoms with Crippen LogP contribution >= 0.6 is 0 Å². The molecule has 1 aromatic rings. The number of phenols is 1. The molecule has 4 N–H and O–H groups in total. The van der Waals surface area contributed by atoms with Crippen molar-refractivity contribution in [1.29, 1.82) is 0 Å². The van der Waals surface area contributed by atoms with Crippen LogP contribution in [-0.2, 0) is 4.79 Å². The van der Waals surface area contributed by atoms with E-state index in [1.165, 1.54) is 26.4 Å². The number of hydrazine groups is 1. The second-order valence-electron chi connectivity index (χ2n) is 3.12. The Morgan fingerprint density at radius 3 is 2.29 bits per heavy atom. The molecular formula is C11H14N2O4. The van der Waals surface area contributed by atoms with Gasteiger partial charge in [-0.2, -0.15) is 0 Å². The minimum atomic E-state index is -0.434. The van der Waals surface area contributed by atoms with Crippen LogP contribution < -0.4 is 20.7 Å². The summed E-state index contributed by atoms with van der Waals surface area (Å²) >= 11 is 0. The predicted molar refractivity (Wildman–Crippen MR) is 62.6 cm³/mol. The lowest BCUT2D eigenvalue weighted by atomic mass is 10.1. The summed E-state index contributed by atoms with van der Waals surface area (Å²) in [6, 6.07) is 3.14. The topological polar surface area (TPSA) is 93.8 Å². The predicted octanol–water partition coefficient (Wildman–Crippen LogP) is 0.412. The van der Waals surface area contributed by atoms with Crippen molar-refractivity contribution in [2.45, 2.75) is 0 Å². The van der Waals surface area contributed by atoms with Gasteiger partial charge < -0.3 is 14.6 Å². The summed E-state index contributed by atoms with van der Waals surface area (Å²) < 4.78 is 9.94. The first-order valence-electron chi connectivity index (χ1n) is 4.76. The van der Waals surface area contributed by atoms with Gasteiger partial charge in [0, 0.05) is 6.08 Å². The van der Waals surface area contributed by atoms with Crippen LogP contribution in [-0.4, -0.2) is 25.2 Å². The Balaban J connectivity index is 3.09. The monoisotopic (exact) mass is 238 g/mol. The molecule has 92 valence electrons. The number of aromatic hydroxyl groups is 1. The van der Waals surface area contributed by atoms with Gasteiger partial charge in [-0.25, -0.2) is 5.84 Å². The quantitative estimate of drug-likeness (QED) is 0.306. The lowest BCUT2D eigenvalue weighted by Crippen LogP contribution is -2.27. The zero-order chi connectivity index (χ0) is 12.8. The molecule has 0 spiro atoms. The van der Waals surface area contributed by atoms with Gasteiger partial charge in [0.25, 0.3) is 5.91 Å². The van der Waals surface area contributed by atoms with E-state index in [1.807, 2.05) is 5.43 Å². The number of nitrogens with one attached hydrogen (secondary N) is 1. The molecule has 0 atom stereocenters. The number of methoxy groups -OCH3 is 2. The third kappa shape index (κ3) is 3.12. The number of ether oxygens (including phenoxy) is 2. The number of hydrogen-bond donors (Lipinski definition) is 3. The average Bonchev–Trinajstić information content (AvgIpc) is 2.36. The molecule has 0 aliphatic heterocycles. The van der Waals surface area contributed by atoms with E-state index in [9.17, 15) is 9.90 Å². The van der Waals surface area contributed by atoms with Crippen molar-refractivity contribution in [3.8, 4) is 17.2 Å². The molecule has 0 radical (unpaired) electrons. The molecule has 0 bridgehead atoms. The lowest BCUT2D eigenvalue weighted by molar-refractivity contribution is -0.116. The Labute approximate surface area is 98.6 Å². The molecule has 6 heteroatoms. The Morgan fingerprint density at radius 1 is 1.35 bits per heavy atom. The molecule has 0 saturated carbocycles. The SMILES string of the molecule is COc1cc(/C=C\C(=O)NN)cc(OC)c1O. The Hall–Kier alpha value is -2.21. The van der Waals surface area contributed by atoms with Gasteiger partial charge in [-0.1, -0.05) is 0 Å². The van der Waals surface area contributed by atoms with Crippen molar-refractivity contribution in [2.75, 3.05) is 14.2 Å². The molecule has 6 nitrogen and oxygen atoms in total. The van der Waals surface area contributed by atoms with E-state index in [0.29, 0.717) is 5.56 Å². The molecule has 0 aliphatic rings. The van der Waals surface area contributed by atoms with Gasteiger partial charge >= 0.3 is 0 Å². The van der Waals surface area contributed by atoms with Crippen LogP contribution in [0, 0.1) is 0 Å². The average molecular weight is 238 g/mol. The van der Waals surface area contributed by atoms with Crippen molar-refractivity contribution in [3.05, 3.63) is 23.8 Å². The van der Waals surface area contributed by atoms with Crippen molar-refractivity contribution >= 4 is 12.0 Å². The van der Waals surface area contributed by atoms with E-state index in [2.05, 4.69) is 0 Å². The van der Waals surface area contributed by atoms with E-state index in [4.69, 9.17) is 15.3 Å². The molecule has 17 heavy (non-hydrogen) atoms. The maximum absolute atomic E-state index is 10.9. The molecule has 0 aliphatic carbocycles. The van der Waals surface area contributed by atoms with Gasteiger partial charge in [-0.15, -0.1) is 0 Å². The number of rotatable bonds is 4. The summed E-state index contributed by atoms with van der Waals surface area (Å²) in [4.78, 5) is 10.9. The summed E-state index contributed by atoms with van der Waals surface area (Å²) in [7, 11) is 2.85. The Bertz CT molecular complexity index is 418. The first kappa shape index (κ1) is 12.9. The third-order valence-electron chi connectivity index (χ3n) is 2.07. The van der Waals surface area contributed by atoms with Gasteiger partial charge in [0.2, 0.25) is 5.75 Å². The number of carbonyl (C=O) groups excluding carboxylic acids is 1. The standard InChI is InChI=1S/C11H14N2O4/c1-16-8-5-7(3-4-10(14)13-12)6-9(17-2)11(8)15/h3-6,15H,12H2,1-2H3,(H,13,14)/b4-3-. The molecule has 1 aromatic carbocycles. The molecule has 1 rings (SSSR count). The van der Waals surface area contributed by atoms with Gasteiger partial charge in [0.1, 0.15) is 0 Å². The fourth-order valence-corrected chi connectivity index (χ4v) is 1.23. The largest absolute Gasteiger partial charge is 0.502 e. The van der Waals surface area contributed by atoms with Crippen LogP contribution in [0.15, 0.2) is 18.2 Å². The van der Waals surface area contributed by atoms with E-state index >= 15 is 0 Å². The van der Waals surface area contributed by atoms with Gasteiger partial charge in [0.05, 0.1) is 14.2 Å². The van der Waals surface area contributed by atoms with E-state index in [0.717, 1.165) is 0 Å². The highest BCUT2D eigenvalue weighted by Gasteiger charge is 2.09. The van der Waals surface area contributed by atoms with Crippen molar-refractivity contribution < 1.29 is 19.4 Å². The van der Waals surface area contributed by atoms with Crippen molar-refractivity contribution in [2.24, 2.45) is 5.84 Å². The maximum atomic E-state index is 10.9. The van der Waals surface area contributed by atoms with E-state index in [1.54, 1.807) is 12.1 Å². The molecule has 0 aromatic heterocycles. The summed E-state index contributed by atoms with van der Waals surface area (Å²) in [6.45, 7) is 0. The van der Waals surface area contributed by atoms with Gasteiger partial charge in [0.15, 0.2) is 11.5 Å². The first-order valence-corrected chi connectivity index (χ1v) is 4.76. The number of phenolic OH excluding ortho intramolecular Hbond substituents is 1. The molecular weight excluding hydrogens is 224 g/mol. The Morgan fingerprint density at radius 2 is 1.88 bits per heavy atom. The fraction of sp³-hybridized carbons (Fsp3) is 0.182. The highest BCUT2D eigenvalue weighted by Crippen LogP contribution is 2.37. The molecule has 0 heterocycles. The van der Waals surface area contributed by atoms with E-state index in [-0.39, 0.29) is 17.2 Å². The van der Waals surface area contributed by atoms with Gasteiger partial charge in [-0.05, 0) is 23.8 Å². The number of nitrogens with two attached hydrogens (primary N) is 1. The van der Waals surface area contributed by atoms with Crippen molar-refractivity contribution in [3.63, 3.8) is 0 Å². The highest BCUT2D eigenvalue weighted by atomic mass is 16.5. The van der Waals surface area contributed by atoms with E-state index < -0.39 is 5.91 Å². The number of amides is 1. The number of hydrogen-bond acceptors (Lipinski definition) is 5. The van der Waals surface area contributed by atoms with Crippen LogP contribution in [0.1, 0.15) is 5.56 Å². The molecule has 1 amide bonds. The van der Waals surface area contributed by atoms with Crippen LogP contribution in [0.3, 0.4) is 0 Å². The van der Waals surface area contributed by atoms with Crippen LogP contribution in [0.4, 0.5) is 0 Å². The van der Waals surface area contributed by atoms with Crippen LogP contribution in [0.25, 0.3) is 6.08 Å².